The normalized spacial score (nSPS) is 15.6. The molecule has 0 aromatic heterocycles. The van der Waals surface area contributed by atoms with Crippen molar-refractivity contribution in [2.45, 2.75) is 21.5 Å². The predicted octanol–water partition coefficient (Wildman–Crippen LogP) is 3.61. The monoisotopic (exact) mass is 359 g/mol. The Balaban J connectivity index is 1.47. The molecule has 1 amide bonds. The molecule has 2 aromatic rings. The smallest absolute Gasteiger partial charge is 0.320 e. The molecule has 0 radical (unpaired) electrons. The van der Waals surface area contributed by atoms with E-state index in [0.29, 0.717) is 12.1 Å². The van der Waals surface area contributed by atoms with Gasteiger partial charge in [0.05, 0.1) is 0 Å². The molecular weight excluding hydrogens is 342 g/mol. The van der Waals surface area contributed by atoms with Crippen molar-refractivity contribution in [3.8, 4) is 0 Å². The molecule has 1 aliphatic rings. The van der Waals surface area contributed by atoms with Gasteiger partial charge in [0.1, 0.15) is 5.25 Å². The molecule has 0 saturated carbocycles. The number of carbonyl (C=O) groups excluding carboxylic acids is 2. The summed E-state index contributed by atoms with van der Waals surface area (Å²) in [6, 6.07) is 15.4. The van der Waals surface area contributed by atoms with Gasteiger partial charge in [0.25, 0.3) is 5.91 Å². The third-order valence-electron chi connectivity index (χ3n) is 3.63. The Labute approximate surface area is 149 Å². The van der Waals surface area contributed by atoms with Crippen molar-refractivity contribution in [2.24, 2.45) is 0 Å². The largest absolute Gasteiger partial charge is 0.455 e. The Hall–Kier alpha value is -1.92. The van der Waals surface area contributed by atoms with Gasteiger partial charge in [-0.3, -0.25) is 9.59 Å². The summed E-state index contributed by atoms with van der Waals surface area (Å²) in [6.07, 6.45) is 2.64. The number of nitrogens with one attached hydrogen (secondary N) is 1. The van der Waals surface area contributed by atoms with E-state index in [-0.39, 0.29) is 23.7 Å². The van der Waals surface area contributed by atoms with E-state index in [4.69, 9.17) is 4.74 Å². The molecule has 1 aliphatic heterocycles. The average Bonchev–Trinajstić information content (AvgIpc) is 3.04. The topological polar surface area (TPSA) is 55.4 Å². The molecule has 24 heavy (non-hydrogen) atoms. The van der Waals surface area contributed by atoms with Crippen LogP contribution >= 0.6 is 23.5 Å². The van der Waals surface area contributed by atoms with Crippen molar-refractivity contribution in [3.63, 3.8) is 0 Å². The Morgan fingerprint density at radius 2 is 1.96 bits per heavy atom. The summed E-state index contributed by atoms with van der Waals surface area (Å²) < 4.78 is 5.16. The van der Waals surface area contributed by atoms with E-state index in [1.165, 1.54) is 11.8 Å². The fourth-order valence-corrected chi connectivity index (χ4v) is 4.02. The van der Waals surface area contributed by atoms with Gasteiger partial charge in [-0.15, -0.1) is 23.5 Å². The second-order valence-electron chi connectivity index (χ2n) is 5.30. The minimum Gasteiger partial charge on any atom is -0.455 e. The number of esters is 1. The maximum Gasteiger partial charge on any atom is 0.320 e. The second kappa shape index (κ2) is 7.77. The highest BCUT2D eigenvalue weighted by Gasteiger charge is 2.29. The first-order valence-corrected chi connectivity index (χ1v) is 9.61. The van der Waals surface area contributed by atoms with Gasteiger partial charge in [0.15, 0.2) is 6.61 Å². The second-order valence-corrected chi connectivity index (χ2v) is 7.43. The average molecular weight is 359 g/mol. The SMILES string of the molecule is CSc1ccc(NC(=O)COC(=O)C2Cc3ccccc3S2)cc1. The predicted molar refractivity (Wildman–Crippen MR) is 97.6 cm³/mol. The Morgan fingerprint density at radius 1 is 1.21 bits per heavy atom. The molecule has 1 atom stereocenters. The van der Waals surface area contributed by atoms with E-state index in [2.05, 4.69) is 5.32 Å². The highest BCUT2D eigenvalue weighted by Crippen LogP contribution is 2.37. The van der Waals surface area contributed by atoms with E-state index >= 15 is 0 Å². The lowest BCUT2D eigenvalue weighted by Gasteiger charge is -2.10. The molecule has 0 spiro atoms. The first kappa shape index (κ1) is 16.9. The molecule has 4 nitrogen and oxygen atoms in total. The highest BCUT2D eigenvalue weighted by atomic mass is 32.2. The van der Waals surface area contributed by atoms with Crippen LogP contribution in [0.1, 0.15) is 5.56 Å². The van der Waals surface area contributed by atoms with Gasteiger partial charge in [-0.05, 0) is 48.6 Å². The maximum atomic E-state index is 12.1. The number of rotatable bonds is 5. The number of hydrogen-bond acceptors (Lipinski definition) is 5. The molecule has 0 saturated heterocycles. The first-order chi connectivity index (χ1) is 11.7. The van der Waals surface area contributed by atoms with Crippen LogP contribution in [0, 0.1) is 0 Å². The number of hydrogen-bond donors (Lipinski definition) is 1. The molecular formula is C18H17NO3S2. The number of benzene rings is 2. The number of anilines is 1. The lowest BCUT2D eigenvalue weighted by Crippen LogP contribution is -2.26. The molecule has 6 heteroatoms. The molecule has 1 unspecified atom stereocenters. The van der Waals surface area contributed by atoms with E-state index in [0.717, 1.165) is 15.4 Å². The zero-order valence-corrected chi connectivity index (χ0v) is 14.8. The minimum absolute atomic E-state index is 0.267. The number of thioether (sulfide) groups is 2. The van der Waals surface area contributed by atoms with Crippen molar-refractivity contribution < 1.29 is 14.3 Å². The molecule has 1 N–H and O–H groups in total. The quantitative estimate of drug-likeness (QED) is 0.653. The van der Waals surface area contributed by atoms with Crippen molar-refractivity contribution in [3.05, 3.63) is 54.1 Å². The van der Waals surface area contributed by atoms with E-state index in [1.54, 1.807) is 11.8 Å². The van der Waals surface area contributed by atoms with E-state index < -0.39 is 0 Å². The van der Waals surface area contributed by atoms with Gasteiger partial charge in [-0.2, -0.15) is 0 Å². The van der Waals surface area contributed by atoms with Gasteiger partial charge in [-0.25, -0.2) is 0 Å². The number of fused-ring (bicyclic) bond motifs is 1. The van der Waals surface area contributed by atoms with Crippen LogP contribution in [0.25, 0.3) is 0 Å². The summed E-state index contributed by atoms with van der Waals surface area (Å²) in [5.41, 5.74) is 1.85. The van der Waals surface area contributed by atoms with Gasteiger partial charge in [0, 0.05) is 15.5 Å². The minimum atomic E-state index is -0.343. The number of carbonyl (C=O) groups is 2. The Morgan fingerprint density at radius 3 is 2.67 bits per heavy atom. The lowest BCUT2D eigenvalue weighted by molar-refractivity contribution is -0.146. The standard InChI is InChI=1S/C18H17NO3S2/c1-23-14-8-6-13(7-9-14)19-17(20)11-22-18(21)16-10-12-4-2-3-5-15(12)24-16/h2-9,16H,10-11H2,1H3,(H,19,20). The van der Waals surface area contributed by atoms with Gasteiger partial charge in [-0.1, -0.05) is 18.2 Å². The van der Waals surface area contributed by atoms with Crippen LogP contribution in [0.5, 0.6) is 0 Å². The van der Waals surface area contributed by atoms with Gasteiger partial charge in [0.2, 0.25) is 0 Å². The zero-order chi connectivity index (χ0) is 16.9. The molecule has 2 aromatic carbocycles. The Kier molecular flexibility index (Phi) is 5.48. The molecule has 1 heterocycles. The fraction of sp³-hybridized carbons (Fsp3) is 0.222. The zero-order valence-electron chi connectivity index (χ0n) is 13.2. The van der Waals surface area contributed by atoms with Crippen LogP contribution in [0.3, 0.4) is 0 Å². The fourth-order valence-electron chi connectivity index (χ4n) is 2.41. The van der Waals surface area contributed by atoms with Crippen molar-refractivity contribution in [1.82, 2.24) is 0 Å². The number of amides is 1. The first-order valence-electron chi connectivity index (χ1n) is 7.51. The van der Waals surface area contributed by atoms with Gasteiger partial charge < -0.3 is 10.1 Å². The van der Waals surface area contributed by atoms with Crippen LogP contribution in [-0.4, -0.2) is 30.0 Å². The summed E-state index contributed by atoms with van der Waals surface area (Å²) >= 11 is 3.13. The van der Waals surface area contributed by atoms with E-state index in [1.807, 2.05) is 54.8 Å². The summed E-state index contributed by atoms with van der Waals surface area (Å²) in [6.45, 7) is -0.267. The number of ether oxygens (including phenoxy) is 1. The molecule has 3 rings (SSSR count). The summed E-state index contributed by atoms with van der Waals surface area (Å²) in [4.78, 5) is 26.3. The van der Waals surface area contributed by atoms with Crippen LogP contribution in [-0.2, 0) is 20.7 Å². The molecule has 124 valence electrons. The molecule has 0 fully saturated rings. The molecule has 0 aliphatic carbocycles. The third-order valence-corrected chi connectivity index (χ3v) is 5.67. The van der Waals surface area contributed by atoms with Crippen LogP contribution in [0.2, 0.25) is 0 Å². The molecule has 0 bridgehead atoms. The Bertz CT molecular complexity index is 721. The van der Waals surface area contributed by atoms with Crippen molar-refractivity contribution >= 4 is 41.1 Å². The third kappa shape index (κ3) is 4.13. The maximum absolute atomic E-state index is 12.1. The summed E-state index contributed by atoms with van der Waals surface area (Å²) in [7, 11) is 0. The van der Waals surface area contributed by atoms with Crippen LogP contribution in [0.15, 0.2) is 58.3 Å². The van der Waals surface area contributed by atoms with Crippen molar-refractivity contribution in [2.75, 3.05) is 18.2 Å². The summed E-state index contributed by atoms with van der Waals surface area (Å²) in [5, 5.41) is 2.46. The van der Waals surface area contributed by atoms with Crippen molar-refractivity contribution in [1.29, 1.82) is 0 Å². The summed E-state index contributed by atoms with van der Waals surface area (Å²) in [5.74, 6) is -0.676. The van der Waals surface area contributed by atoms with Gasteiger partial charge >= 0.3 is 5.97 Å². The van der Waals surface area contributed by atoms with Crippen LogP contribution < -0.4 is 5.32 Å². The lowest BCUT2D eigenvalue weighted by atomic mass is 10.1. The highest BCUT2D eigenvalue weighted by molar-refractivity contribution is 8.01. The van der Waals surface area contributed by atoms with Crippen LogP contribution in [0.4, 0.5) is 5.69 Å². The van der Waals surface area contributed by atoms with E-state index in [9.17, 15) is 9.59 Å².